The van der Waals surface area contributed by atoms with Crippen molar-refractivity contribution in [2.75, 3.05) is 25.7 Å². The van der Waals surface area contributed by atoms with Gasteiger partial charge in [-0.05, 0) is 54.1 Å². The number of rotatable bonds is 2. The molecule has 1 aliphatic heterocycles. The zero-order chi connectivity index (χ0) is 21.5. The van der Waals surface area contributed by atoms with Gasteiger partial charge in [0.2, 0.25) is 5.84 Å². The van der Waals surface area contributed by atoms with Crippen LogP contribution in [0.3, 0.4) is 0 Å². The zero-order valence-electron chi connectivity index (χ0n) is 17.1. The molecule has 0 amide bonds. The number of hydrogen-bond donors (Lipinski definition) is 1. The van der Waals surface area contributed by atoms with E-state index in [0.717, 1.165) is 16.9 Å². The summed E-state index contributed by atoms with van der Waals surface area (Å²) in [5.74, 6) is 2.39. The Kier molecular flexibility index (Phi) is 6.23. The largest absolute Gasteiger partial charge is 0.497 e. The normalized spacial score (nSPS) is 15.6. The summed E-state index contributed by atoms with van der Waals surface area (Å²) in [4.78, 5) is 0. The lowest BCUT2D eigenvalue weighted by molar-refractivity contribution is 0.303. The number of para-hydroxylation sites is 3. The van der Waals surface area contributed by atoms with Gasteiger partial charge in [0.1, 0.15) is 36.1 Å². The summed E-state index contributed by atoms with van der Waals surface area (Å²) in [6.07, 6.45) is 0. The van der Waals surface area contributed by atoms with Crippen molar-refractivity contribution < 1.29 is 14.2 Å². The van der Waals surface area contributed by atoms with Crippen LogP contribution in [0, 0.1) is 0 Å². The van der Waals surface area contributed by atoms with E-state index >= 15 is 0 Å². The zero-order valence-corrected chi connectivity index (χ0v) is 17.1. The Bertz CT molecular complexity index is 1120. The summed E-state index contributed by atoms with van der Waals surface area (Å²) >= 11 is 0. The van der Waals surface area contributed by atoms with E-state index in [0.29, 0.717) is 41.9 Å². The topological polar surface area (TPSA) is 76.8 Å². The Balaban J connectivity index is 1.76. The lowest BCUT2D eigenvalue weighted by Gasteiger charge is -2.14. The van der Waals surface area contributed by atoms with Crippen molar-refractivity contribution in [1.29, 1.82) is 0 Å². The molecule has 3 aromatic carbocycles. The Morgan fingerprint density at radius 3 is 2.29 bits per heavy atom. The number of hydrogen-bond acceptors (Lipinski definition) is 7. The summed E-state index contributed by atoms with van der Waals surface area (Å²) in [5.41, 5.74) is 5.91. The lowest BCUT2D eigenvalue weighted by atomic mass is 10.2. The van der Waals surface area contributed by atoms with Gasteiger partial charge in [0.15, 0.2) is 0 Å². The molecule has 0 saturated carbocycles. The van der Waals surface area contributed by atoms with Gasteiger partial charge < -0.3 is 14.2 Å². The van der Waals surface area contributed by atoms with Gasteiger partial charge in [-0.2, -0.15) is 5.10 Å². The number of azo groups is 1. The summed E-state index contributed by atoms with van der Waals surface area (Å²) in [6.45, 7) is 4.66. The minimum atomic E-state index is 0.307. The van der Waals surface area contributed by atoms with Gasteiger partial charge in [-0.15, -0.1) is 10.2 Å². The van der Waals surface area contributed by atoms with Crippen LogP contribution in [0.4, 0.5) is 11.4 Å². The van der Waals surface area contributed by atoms with Crippen LogP contribution in [0.15, 0.2) is 100 Å². The molecule has 0 bridgehead atoms. The Labute approximate surface area is 180 Å². The molecule has 0 radical (unpaired) electrons. The molecular formula is C24H22N4O3. The second kappa shape index (κ2) is 9.58. The summed E-state index contributed by atoms with van der Waals surface area (Å²) in [6, 6.07) is 22.4. The number of hydrazone groups is 1. The minimum absolute atomic E-state index is 0.307. The first kappa shape index (κ1) is 20.2. The third kappa shape index (κ3) is 5.08. The molecule has 0 unspecified atom stereocenters. The fourth-order valence-electron chi connectivity index (χ4n) is 2.85. The average Bonchev–Trinajstić information content (AvgIpc) is 2.82. The fourth-order valence-corrected chi connectivity index (χ4v) is 2.85. The van der Waals surface area contributed by atoms with E-state index in [9.17, 15) is 0 Å². The summed E-state index contributed by atoms with van der Waals surface area (Å²) < 4.78 is 17.1. The number of amidine groups is 1. The molecule has 0 fully saturated rings. The predicted molar refractivity (Wildman–Crippen MR) is 121 cm³/mol. The molecular weight excluding hydrogens is 392 g/mol. The van der Waals surface area contributed by atoms with Crippen LogP contribution in [0.1, 0.15) is 5.56 Å². The van der Waals surface area contributed by atoms with Crippen molar-refractivity contribution in [3.8, 4) is 17.2 Å². The first-order valence-corrected chi connectivity index (χ1v) is 9.73. The molecule has 7 heteroatoms. The van der Waals surface area contributed by atoms with Crippen molar-refractivity contribution in [3.63, 3.8) is 0 Å². The highest BCUT2D eigenvalue weighted by atomic mass is 16.5. The number of methoxy groups -OCH3 is 1. The third-order valence-electron chi connectivity index (χ3n) is 4.50. The quantitative estimate of drug-likeness (QED) is 0.555. The number of fused-ring (bicyclic) bond motifs is 2. The SMILES string of the molecule is C=C1COc2ccccc2N=N/C(c2ccc(OC)cc2)=N\Nc2ccccc2OC1. The second-order valence-corrected chi connectivity index (χ2v) is 6.77. The fraction of sp³-hybridized carbons (Fsp3) is 0.125. The molecule has 1 N–H and O–H groups in total. The van der Waals surface area contributed by atoms with E-state index < -0.39 is 0 Å². The van der Waals surface area contributed by atoms with Crippen molar-refractivity contribution in [1.82, 2.24) is 0 Å². The van der Waals surface area contributed by atoms with E-state index in [1.165, 1.54) is 0 Å². The van der Waals surface area contributed by atoms with Crippen LogP contribution < -0.4 is 19.6 Å². The highest BCUT2D eigenvalue weighted by molar-refractivity contribution is 5.99. The molecule has 0 spiro atoms. The van der Waals surface area contributed by atoms with Gasteiger partial charge in [0.05, 0.1) is 12.8 Å². The number of anilines is 1. The maximum atomic E-state index is 5.92. The van der Waals surface area contributed by atoms with E-state index in [2.05, 4.69) is 27.3 Å². The van der Waals surface area contributed by atoms with Crippen molar-refractivity contribution in [2.24, 2.45) is 15.3 Å². The van der Waals surface area contributed by atoms with Crippen molar-refractivity contribution in [2.45, 2.75) is 0 Å². The smallest absolute Gasteiger partial charge is 0.201 e. The Morgan fingerprint density at radius 1 is 0.839 bits per heavy atom. The van der Waals surface area contributed by atoms with Crippen LogP contribution in [0.25, 0.3) is 0 Å². The van der Waals surface area contributed by atoms with Gasteiger partial charge in [-0.1, -0.05) is 30.8 Å². The number of nitrogens with one attached hydrogen (secondary N) is 1. The van der Waals surface area contributed by atoms with E-state index in [-0.39, 0.29) is 0 Å². The molecule has 0 aliphatic carbocycles. The monoisotopic (exact) mass is 414 g/mol. The lowest BCUT2D eigenvalue weighted by Crippen LogP contribution is -2.10. The van der Waals surface area contributed by atoms with Gasteiger partial charge in [-0.3, -0.25) is 5.43 Å². The molecule has 0 saturated heterocycles. The van der Waals surface area contributed by atoms with E-state index in [1.807, 2.05) is 72.8 Å². The molecule has 0 atom stereocenters. The maximum absolute atomic E-state index is 5.92. The van der Waals surface area contributed by atoms with Gasteiger partial charge in [0, 0.05) is 5.56 Å². The highest BCUT2D eigenvalue weighted by Gasteiger charge is 2.10. The molecule has 0 aromatic heterocycles. The molecule has 1 heterocycles. The van der Waals surface area contributed by atoms with E-state index in [4.69, 9.17) is 14.2 Å². The number of ether oxygens (including phenoxy) is 3. The van der Waals surface area contributed by atoms with Gasteiger partial charge in [-0.25, -0.2) is 0 Å². The molecule has 7 nitrogen and oxygen atoms in total. The Morgan fingerprint density at radius 2 is 1.52 bits per heavy atom. The summed E-state index contributed by atoms with van der Waals surface area (Å²) in [5, 5.41) is 13.3. The molecule has 4 rings (SSSR count). The standard InChI is InChI=1S/C24H22N4O3/c1-17-15-30-22-9-5-3-7-20(22)25-27-24(18-11-13-19(29-2)14-12-18)28-26-21-8-4-6-10-23(21)31-16-17/h3-14,25H,1,15-16H2,2H3/b27-24-,28-26?. The van der Waals surface area contributed by atoms with Crippen molar-refractivity contribution >= 4 is 17.2 Å². The van der Waals surface area contributed by atoms with Crippen LogP contribution in [-0.4, -0.2) is 26.2 Å². The predicted octanol–water partition coefficient (Wildman–Crippen LogP) is 5.58. The number of nitrogens with zero attached hydrogens (tertiary/aromatic N) is 3. The van der Waals surface area contributed by atoms with Gasteiger partial charge >= 0.3 is 0 Å². The molecule has 156 valence electrons. The van der Waals surface area contributed by atoms with Crippen LogP contribution in [0.5, 0.6) is 17.2 Å². The number of benzene rings is 3. The Hall–Kier alpha value is -4.13. The van der Waals surface area contributed by atoms with Gasteiger partial charge in [0.25, 0.3) is 0 Å². The molecule has 1 aliphatic rings. The van der Waals surface area contributed by atoms with E-state index in [1.54, 1.807) is 7.11 Å². The van der Waals surface area contributed by atoms with Crippen LogP contribution >= 0.6 is 0 Å². The second-order valence-electron chi connectivity index (χ2n) is 6.77. The molecule has 31 heavy (non-hydrogen) atoms. The van der Waals surface area contributed by atoms with Crippen molar-refractivity contribution in [3.05, 3.63) is 90.5 Å². The first-order valence-electron chi connectivity index (χ1n) is 9.73. The summed E-state index contributed by atoms with van der Waals surface area (Å²) in [7, 11) is 1.62. The van der Waals surface area contributed by atoms with Crippen LogP contribution in [0.2, 0.25) is 0 Å². The van der Waals surface area contributed by atoms with Crippen LogP contribution in [-0.2, 0) is 0 Å². The maximum Gasteiger partial charge on any atom is 0.201 e. The average molecular weight is 414 g/mol. The first-order chi connectivity index (χ1) is 15.2. The molecule has 3 aromatic rings. The minimum Gasteiger partial charge on any atom is -0.497 e. The highest BCUT2D eigenvalue weighted by Crippen LogP contribution is 2.29. The third-order valence-corrected chi connectivity index (χ3v) is 4.50.